The molecule has 0 saturated heterocycles. The monoisotopic (exact) mass is 290 g/mol. The summed E-state index contributed by atoms with van der Waals surface area (Å²) >= 11 is 0. The smallest absolute Gasteiger partial charge is 0.326 e. The molecule has 0 bridgehead atoms. The summed E-state index contributed by atoms with van der Waals surface area (Å²) in [5, 5.41) is 11.8. The van der Waals surface area contributed by atoms with E-state index in [1.54, 1.807) is 0 Å². The molecule has 21 heavy (non-hydrogen) atoms. The van der Waals surface area contributed by atoms with Gasteiger partial charge in [0, 0.05) is 12.5 Å². The van der Waals surface area contributed by atoms with E-state index in [9.17, 15) is 14.7 Å². The van der Waals surface area contributed by atoms with E-state index in [0.29, 0.717) is 18.8 Å². The average Bonchev–Trinajstić information content (AvgIpc) is 3.28. The Labute approximate surface area is 124 Å². The Hall–Kier alpha value is -1.88. The van der Waals surface area contributed by atoms with E-state index in [4.69, 9.17) is 5.73 Å². The molecule has 2 rings (SSSR count). The van der Waals surface area contributed by atoms with Gasteiger partial charge in [0.2, 0.25) is 5.91 Å². The van der Waals surface area contributed by atoms with Gasteiger partial charge >= 0.3 is 5.97 Å². The molecule has 4 N–H and O–H groups in total. The molecule has 0 spiro atoms. The Balaban J connectivity index is 1.80. The van der Waals surface area contributed by atoms with Gasteiger partial charge in [-0.05, 0) is 37.2 Å². The highest BCUT2D eigenvalue weighted by atomic mass is 16.4. The van der Waals surface area contributed by atoms with E-state index in [2.05, 4.69) is 5.32 Å². The van der Waals surface area contributed by atoms with Gasteiger partial charge < -0.3 is 16.2 Å². The molecule has 1 aromatic rings. The maximum atomic E-state index is 11.9. The third-order valence-corrected chi connectivity index (χ3v) is 3.85. The molecule has 0 aliphatic heterocycles. The number of amides is 1. The predicted molar refractivity (Wildman–Crippen MR) is 79.6 cm³/mol. The molecule has 1 amide bonds. The highest BCUT2D eigenvalue weighted by Gasteiger charge is 2.30. The maximum absolute atomic E-state index is 11.9. The minimum absolute atomic E-state index is 0.145. The average molecular weight is 290 g/mol. The van der Waals surface area contributed by atoms with Crippen molar-refractivity contribution in [2.45, 2.75) is 44.2 Å². The van der Waals surface area contributed by atoms with E-state index in [-0.39, 0.29) is 18.4 Å². The normalized spacial score (nSPS) is 17.0. The molecular weight excluding hydrogens is 268 g/mol. The number of nitrogens with one attached hydrogen (secondary N) is 1. The lowest BCUT2D eigenvalue weighted by Gasteiger charge is -2.16. The van der Waals surface area contributed by atoms with Gasteiger partial charge in [0.15, 0.2) is 0 Å². The summed E-state index contributed by atoms with van der Waals surface area (Å²) in [5.74, 6) is -0.836. The van der Waals surface area contributed by atoms with Gasteiger partial charge in [-0.2, -0.15) is 0 Å². The minimum atomic E-state index is -1.00. The van der Waals surface area contributed by atoms with Crippen LogP contribution >= 0.6 is 0 Å². The minimum Gasteiger partial charge on any atom is -0.480 e. The van der Waals surface area contributed by atoms with Gasteiger partial charge in [-0.1, -0.05) is 30.3 Å². The number of carboxylic acid groups (broad SMARTS) is 1. The van der Waals surface area contributed by atoms with E-state index in [1.807, 2.05) is 30.3 Å². The van der Waals surface area contributed by atoms with Gasteiger partial charge in [-0.15, -0.1) is 0 Å². The van der Waals surface area contributed by atoms with E-state index < -0.39 is 12.0 Å². The molecule has 0 aromatic heterocycles. The van der Waals surface area contributed by atoms with Crippen LogP contribution < -0.4 is 11.1 Å². The molecule has 1 saturated carbocycles. The van der Waals surface area contributed by atoms with Crippen molar-refractivity contribution in [1.29, 1.82) is 0 Å². The van der Waals surface area contributed by atoms with Crippen molar-refractivity contribution in [1.82, 2.24) is 5.32 Å². The molecule has 2 atom stereocenters. The van der Waals surface area contributed by atoms with Crippen LogP contribution in [0.1, 0.15) is 31.2 Å². The number of benzene rings is 1. The molecule has 114 valence electrons. The second-order valence-electron chi connectivity index (χ2n) is 5.69. The zero-order chi connectivity index (χ0) is 15.2. The lowest BCUT2D eigenvalue weighted by atomic mass is 10.0. The summed E-state index contributed by atoms with van der Waals surface area (Å²) in [6.07, 6.45) is 3.35. The highest BCUT2D eigenvalue weighted by Crippen LogP contribution is 2.32. The number of aryl methyl sites for hydroxylation is 1. The van der Waals surface area contributed by atoms with Gasteiger partial charge in [0.25, 0.3) is 0 Å². The molecule has 1 aliphatic carbocycles. The van der Waals surface area contributed by atoms with Crippen LogP contribution in [0.5, 0.6) is 0 Å². The number of hydrogen-bond acceptors (Lipinski definition) is 3. The fourth-order valence-electron chi connectivity index (χ4n) is 2.37. The SMILES string of the molecule is NC(CC(=O)N[C@@H](CCc1ccccc1)C(=O)O)C1CC1. The first-order valence-electron chi connectivity index (χ1n) is 7.38. The first-order chi connectivity index (χ1) is 10.1. The maximum Gasteiger partial charge on any atom is 0.326 e. The Morgan fingerprint density at radius 2 is 1.95 bits per heavy atom. The van der Waals surface area contributed by atoms with Crippen LogP contribution in [0.4, 0.5) is 0 Å². The highest BCUT2D eigenvalue weighted by molar-refractivity contribution is 5.83. The Morgan fingerprint density at radius 3 is 2.52 bits per heavy atom. The number of hydrogen-bond donors (Lipinski definition) is 3. The number of rotatable bonds is 8. The molecule has 1 aliphatic rings. The van der Waals surface area contributed by atoms with Crippen LogP contribution in [0, 0.1) is 5.92 Å². The zero-order valence-electron chi connectivity index (χ0n) is 12.0. The summed E-state index contributed by atoms with van der Waals surface area (Å²) in [4.78, 5) is 23.1. The van der Waals surface area contributed by atoms with Crippen molar-refractivity contribution in [3.8, 4) is 0 Å². The molecule has 1 fully saturated rings. The second kappa shape index (κ2) is 7.22. The second-order valence-corrected chi connectivity index (χ2v) is 5.69. The molecule has 5 nitrogen and oxygen atoms in total. The van der Waals surface area contributed by atoms with Crippen LogP contribution in [0.3, 0.4) is 0 Å². The van der Waals surface area contributed by atoms with Crippen LogP contribution in [-0.2, 0) is 16.0 Å². The van der Waals surface area contributed by atoms with E-state index >= 15 is 0 Å². The summed E-state index contributed by atoms with van der Waals surface area (Å²) in [5.41, 5.74) is 6.95. The van der Waals surface area contributed by atoms with Crippen LogP contribution in [-0.4, -0.2) is 29.1 Å². The van der Waals surface area contributed by atoms with Crippen LogP contribution in [0.15, 0.2) is 30.3 Å². The van der Waals surface area contributed by atoms with Crippen molar-refractivity contribution in [2.24, 2.45) is 11.7 Å². The van der Waals surface area contributed by atoms with Crippen molar-refractivity contribution in [3.63, 3.8) is 0 Å². The number of nitrogens with two attached hydrogens (primary N) is 1. The number of carboxylic acids is 1. The molecule has 5 heteroatoms. The largest absolute Gasteiger partial charge is 0.480 e. The van der Waals surface area contributed by atoms with Crippen LogP contribution in [0.25, 0.3) is 0 Å². The number of carbonyl (C=O) groups is 2. The van der Waals surface area contributed by atoms with Crippen molar-refractivity contribution in [3.05, 3.63) is 35.9 Å². The van der Waals surface area contributed by atoms with E-state index in [0.717, 1.165) is 18.4 Å². The molecular formula is C16H22N2O3. The molecule has 1 unspecified atom stereocenters. The zero-order valence-corrected chi connectivity index (χ0v) is 12.0. The van der Waals surface area contributed by atoms with Crippen LogP contribution in [0.2, 0.25) is 0 Å². The van der Waals surface area contributed by atoms with Gasteiger partial charge in [-0.3, -0.25) is 4.79 Å². The van der Waals surface area contributed by atoms with Gasteiger partial charge in [-0.25, -0.2) is 4.79 Å². The van der Waals surface area contributed by atoms with Crippen molar-refractivity contribution >= 4 is 11.9 Å². The van der Waals surface area contributed by atoms with Crippen molar-refractivity contribution in [2.75, 3.05) is 0 Å². The van der Waals surface area contributed by atoms with E-state index in [1.165, 1.54) is 0 Å². The molecule has 0 radical (unpaired) electrons. The lowest BCUT2D eigenvalue weighted by Crippen LogP contribution is -2.43. The first-order valence-corrected chi connectivity index (χ1v) is 7.38. The van der Waals surface area contributed by atoms with Gasteiger partial charge in [0.05, 0.1) is 0 Å². The standard InChI is InChI=1S/C16H22N2O3/c17-13(12-7-8-12)10-15(19)18-14(16(20)21)9-6-11-4-2-1-3-5-11/h1-5,12-14H,6-10,17H2,(H,18,19)(H,20,21)/t13?,14-/m0/s1. The molecule has 1 aromatic carbocycles. The Kier molecular flexibility index (Phi) is 5.33. The third kappa shape index (κ3) is 5.19. The lowest BCUT2D eigenvalue weighted by molar-refractivity contribution is -0.142. The topological polar surface area (TPSA) is 92.4 Å². The summed E-state index contributed by atoms with van der Waals surface area (Å²) in [7, 11) is 0. The fraction of sp³-hybridized carbons (Fsp3) is 0.500. The first kappa shape index (κ1) is 15.5. The number of carbonyl (C=O) groups excluding carboxylic acids is 1. The Bertz CT molecular complexity index is 486. The molecule has 0 heterocycles. The Morgan fingerprint density at radius 1 is 1.29 bits per heavy atom. The quantitative estimate of drug-likeness (QED) is 0.673. The predicted octanol–water partition coefficient (Wildman–Crippen LogP) is 1.32. The third-order valence-electron chi connectivity index (χ3n) is 3.85. The van der Waals surface area contributed by atoms with Crippen molar-refractivity contribution < 1.29 is 14.7 Å². The summed E-state index contributed by atoms with van der Waals surface area (Å²) in [6, 6.07) is 8.64. The fourth-order valence-corrected chi connectivity index (χ4v) is 2.37. The summed E-state index contributed by atoms with van der Waals surface area (Å²) < 4.78 is 0. The van der Waals surface area contributed by atoms with Gasteiger partial charge in [0.1, 0.15) is 6.04 Å². The number of aliphatic carboxylic acids is 1. The summed E-state index contributed by atoms with van der Waals surface area (Å²) in [6.45, 7) is 0.